The molecule has 0 spiro atoms. The summed E-state index contributed by atoms with van der Waals surface area (Å²) in [5.74, 6) is 0.131. The second kappa shape index (κ2) is 7.00. The molecule has 1 unspecified atom stereocenters. The first-order valence-electron chi connectivity index (χ1n) is 7.15. The third-order valence-corrected chi connectivity index (χ3v) is 3.23. The number of Topliss-reactive ketones (excluding diaryl/α,β-unsaturated/α-hetero) is 2. The molecule has 0 aromatic carbocycles. The zero-order valence-corrected chi connectivity index (χ0v) is 13.9. The van der Waals surface area contributed by atoms with Gasteiger partial charge in [-0.2, -0.15) is 0 Å². The molecule has 116 valence electrons. The van der Waals surface area contributed by atoms with E-state index in [0.29, 0.717) is 19.3 Å². The summed E-state index contributed by atoms with van der Waals surface area (Å²) in [6, 6.07) is -0.157. The molecule has 0 radical (unpaired) electrons. The summed E-state index contributed by atoms with van der Waals surface area (Å²) in [6.07, 6.45) is 1.43. The van der Waals surface area contributed by atoms with Crippen LogP contribution in [0.4, 0.5) is 0 Å². The van der Waals surface area contributed by atoms with Crippen molar-refractivity contribution in [2.24, 2.45) is 10.8 Å². The summed E-state index contributed by atoms with van der Waals surface area (Å²) in [5.41, 5.74) is -0.777. The van der Waals surface area contributed by atoms with E-state index >= 15 is 0 Å². The largest absolute Gasteiger partial charge is 0.353 e. The van der Waals surface area contributed by atoms with Gasteiger partial charge in [0.2, 0.25) is 5.91 Å². The maximum absolute atomic E-state index is 12.3. The molecule has 0 rings (SSSR count). The second-order valence-corrected chi connectivity index (χ2v) is 7.38. The first-order valence-corrected chi connectivity index (χ1v) is 7.15. The smallest absolute Gasteiger partial charge is 0.225 e. The zero-order valence-electron chi connectivity index (χ0n) is 13.9. The number of hydrogen-bond acceptors (Lipinski definition) is 3. The summed E-state index contributed by atoms with van der Waals surface area (Å²) in [4.78, 5) is 34.6. The number of ketones is 2. The van der Waals surface area contributed by atoms with Crippen LogP contribution in [0.15, 0.2) is 0 Å². The lowest BCUT2D eigenvalue weighted by Gasteiger charge is -2.34. The lowest BCUT2D eigenvalue weighted by molar-refractivity contribution is -0.132. The van der Waals surface area contributed by atoms with Crippen LogP contribution in [0.1, 0.15) is 67.7 Å². The van der Waals surface area contributed by atoms with E-state index in [0.717, 1.165) is 0 Å². The Bertz CT molecular complexity index is 383. The first-order chi connectivity index (χ1) is 8.85. The van der Waals surface area contributed by atoms with E-state index in [2.05, 4.69) is 5.32 Å². The van der Waals surface area contributed by atoms with E-state index < -0.39 is 5.41 Å². The topological polar surface area (TPSA) is 63.2 Å². The van der Waals surface area contributed by atoms with Crippen molar-refractivity contribution in [3.8, 4) is 0 Å². The van der Waals surface area contributed by atoms with Gasteiger partial charge in [0.15, 0.2) is 0 Å². The number of amides is 1. The summed E-state index contributed by atoms with van der Waals surface area (Å²) < 4.78 is 0. The molecule has 0 aliphatic heterocycles. The van der Waals surface area contributed by atoms with Crippen molar-refractivity contribution in [2.45, 2.75) is 73.8 Å². The van der Waals surface area contributed by atoms with Gasteiger partial charge in [-0.3, -0.25) is 9.59 Å². The van der Waals surface area contributed by atoms with Gasteiger partial charge in [0.25, 0.3) is 0 Å². The molecule has 0 bridgehead atoms. The van der Waals surface area contributed by atoms with Gasteiger partial charge < -0.3 is 10.1 Å². The Morgan fingerprint density at radius 3 is 1.90 bits per heavy atom. The molecule has 0 aromatic heterocycles. The molecule has 0 saturated carbocycles. The first kappa shape index (κ1) is 18.8. The van der Waals surface area contributed by atoms with Gasteiger partial charge in [0.1, 0.15) is 11.6 Å². The van der Waals surface area contributed by atoms with Crippen LogP contribution in [0.2, 0.25) is 0 Å². The molecule has 0 aromatic rings. The minimum absolute atomic E-state index is 0.0625. The zero-order chi connectivity index (χ0) is 16.1. The number of carbonyl (C=O) groups is 3. The van der Waals surface area contributed by atoms with Crippen LogP contribution < -0.4 is 5.32 Å². The maximum Gasteiger partial charge on any atom is 0.225 e. The van der Waals surface area contributed by atoms with Crippen molar-refractivity contribution in [1.29, 1.82) is 0 Å². The fourth-order valence-corrected chi connectivity index (χ4v) is 2.91. The van der Waals surface area contributed by atoms with Gasteiger partial charge in [-0.25, -0.2) is 0 Å². The molecule has 0 heterocycles. The van der Waals surface area contributed by atoms with E-state index in [1.54, 1.807) is 6.92 Å². The normalized spacial score (nSPS) is 13.8. The average molecular weight is 283 g/mol. The lowest BCUT2D eigenvalue weighted by Crippen LogP contribution is -2.44. The van der Waals surface area contributed by atoms with Crippen molar-refractivity contribution >= 4 is 17.5 Å². The van der Waals surface area contributed by atoms with Crippen LogP contribution in [-0.2, 0) is 14.4 Å². The third-order valence-electron chi connectivity index (χ3n) is 3.23. The van der Waals surface area contributed by atoms with Crippen molar-refractivity contribution in [1.82, 2.24) is 5.32 Å². The van der Waals surface area contributed by atoms with Crippen LogP contribution in [0, 0.1) is 10.8 Å². The Kier molecular flexibility index (Phi) is 6.59. The van der Waals surface area contributed by atoms with Crippen molar-refractivity contribution in [3.63, 3.8) is 0 Å². The highest BCUT2D eigenvalue weighted by molar-refractivity contribution is 5.83. The molecule has 0 saturated heterocycles. The monoisotopic (exact) mass is 283 g/mol. The molecule has 0 fully saturated rings. The summed E-state index contributed by atoms with van der Waals surface area (Å²) in [7, 11) is 0. The van der Waals surface area contributed by atoms with Crippen LogP contribution in [0.25, 0.3) is 0 Å². The Hall–Kier alpha value is -1.19. The van der Waals surface area contributed by atoms with Crippen LogP contribution in [-0.4, -0.2) is 23.5 Å². The fourth-order valence-electron chi connectivity index (χ4n) is 2.91. The van der Waals surface area contributed by atoms with Crippen molar-refractivity contribution in [2.75, 3.05) is 0 Å². The Balaban J connectivity index is 4.66. The molecular weight excluding hydrogens is 254 g/mol. The minimum atomic E-state index is -0.565. The number of carbonyl (C=O) groups excluding carboxylic acids is 3. The summed E-state index contributed by atoms with van der Waals surface area (Å²) in [6.45, 7) is 12.7. The van der Waals surface area contributed by atoms with Crippen LogP contribution in [0.5, 0.6) is 0 Å². The van der Waals surface area contributed by atoms with E-state index in [1.807, 2.05) is 34.6 Å². The van der Waals surface area contributed by atoms with Crippen molar-refractivity contribution in [3.05, 3.63) is 0 Å². The van der Waals surface area contributed by atoms with E-state index in [4.69, 9.17) is 0 Å². The maximum atomic E-state index is 12.3. The van der Waals surface area contributed by atoms with Gasteiger partial charge in [-0.15, -0.1) is 0 Å². The van der Waals surface area contributed by atoms with Crippen LogP contribution in [0.3, 0.4) is 0 Å². The molecule has 20 heavy (non-hydrogen) atoms. The molecule has 4 heteroatoms. The van der Waals surface area contributed by atoms with Crippen LogP contribution >= 0.6 is 0 Å². The number of nitrogens with one attached hydrogen (secondary N) is 1. The molecule has 1 atom stereocenters. The number of hydrogen-bond donors (Lipinski definition) is 1. The van der Waals surface area contributed by atoms with Gasteiger partial charge in [-0.05, 0) is 32.6 Å². The lowest BCUT2D eigenvalue weighted by atomic mass is 9.72. The standard InChI is InChI=1S/C16H29NO3/c1-11(8-12(2)18)17-14(20)16(6,7)10-15(4,5)9-13(3)19/h11H,8-10H2,1-7H3,(H,17,20). The van der Waals surface area contributed by atoms with Gasteiger partial charge in [0.05, 0.1) is 0 Å². The fraction of sp³-hybridized carbons (Fsp3) is 0.812. The van der Waals surface area contributed by atoms with Gasteiger partial charge in [-0.1, -0.05) is 27.7 Å². The minimum Gasteiger partial charge on any atom is -0.353 e. The summed E-state index contributed by atoms with van der Waals surface area (Å²) >= 11 is 0. The molecule has 1 amide bonds. The number of rotatable bonds is 8. The molecule has 0 aliphatic rings. The van der Waals surface area contributed by atoms with Gasteiger partial charge in [0, 0.05) is 24.3 Å². The van der Waals surface area contributed by atoms with Crippen molar-refractivity contribution < 1.29 is 14.4 Å². The van der Waals surface area contributed by atoms with E-state index in [1.165, 1.54) is 6.92 Å². The Morgan fingerprint density at radius 1 is 1.00 bits per heavy atom. The highest BCUT2D eigenvalue weighted by atomic mass is 16.2. The molecule has 4 nitrogen and oxygen atoms in total. The Labute approximate surface area is 122 Å². The average Bonchev–Trinajstić information content (AvgIpc) is 2.10. The molecular formula is C16H29NO3. The summed E-state index contributed by atoms with van der Waals surface area (Å²) in [5, 5.41) is 2.88. The molecule has 1 N–H and O–H groups in total. The third kappa shape index (κ3) is 7.41. The van der Waals surface area contributed by atoms with E-state index in [-0.39, 0.29) is 28.9 Å². The second-order valence-electron chi connectivity index (χ2n) is 7.38. The SMILES string of the molecule is CC(=O)CC(C)NC(=O)C(C)(C)CC(C)(C)CC(C)=O. The predicted octanol–water partition coefficient (Wildman–Crippen LogP) is 2.89. The highest BCUT2D eigenvalue weighted by Gasteiger charge is 2.35. The quantitative estimate of drug-likeness (QED) is 0.745. The Morgan fingerprint density at radius 2 is 1.50 bits per heavy atom. The highest BCUT2D eigenvalue weighted by Crippen LogP contribution is 2.36. The van der Waals surface area contributed by atoms with Gasteiger partial charge >= 0.3 is 0 Å². The van der Waals surface area contributed by atoms with E-state index in [9.17, 15) is 14.4 Å². The predicted molar refractivity (Wildman–Crippen MR) is 80.4 cm³/mol. The molecule has 0 aliphatic carbocycles.